The van der Waals surface area contributed by atoms with Crippen LogP contribution in [0.4, 0.5) is 0 Å². The van der Waals surface area contributed by atoms with Gasteiger partial charge >= 0.3 is 0 Å². The second-order valence-corrected chi connectivity index (χ2v) is 4.46. The van der Waals surface area contributed by atoms with Gasteiger partial charge in [-0.25, -0.2) is 0 Å². The van der Waals surface area contributed by atoms with E-state index in [0.717, 1.165) is 5.92 Å². The van der Waals surface area contributed by atoms with Crippen LogP contribution in [-0.4, -0.2) is 5.16 Å². The Balaban J connectivity index is 0. The number of halogens is 1. The SMILES string of the molecule is CC(C)C(C)(C)P.I. The zero-order valence-electron chi connectivity index (χ0n) is 6.06. The number of hydrogen-bond donors (Lipinski definition) is 0. The molecule has 1 unspecified atom stereocenters. The molecule has 0 aliphatic rings. The minimum atomic E-state index is 0. The highest BCUT2D eigenvalue weighted by Crippen LogP contribution is 2.25. The van der Waals surface area contributed by atoms with Crippen molar-refractivity contribution in [2.75, 3.05) is 0 Å². The van der Waals surface area contributed by atoms with E-state index < -0.39 is 0 Å². The van der Waals surface area contributed by atoms with Crippen molar-refractivity contribution in [1.29, 1.82) is 0 Å². The minimum Gasteiger partial charge on any atom is -0.131 e. The molecule has 0 saturated heterocycles. The Hall–Kier alpha value is 1.16. The van der Waals surface area contributed by atoms with Crippen molar-refractivity contribution >= 4 is 33.2 Å². The van der Waals surface area contributed by atoms with Gasteiger partial charge in [-0.3, -0.25) is 0 Å². The maximum Gasteiger partial charge on any atom is -0.0184 e. The monoisotopic (exact) mass is 246 g/mol. The summed E-state index contributed by atoms with van der Waals surface area (Å²) in [6.45, 7) is 8.91. The molecule has 0 aliphatic carbocycles. The van der Waals surface area contributed by atoms with Gasteiger partial charge in [-0.15, -0.1) is 33.2 Å². The Morgan fingerprint density at radius 3 is 1.38 bits per heavy atom. The van der Waals surface area contributed by atoms with Crippen molar-refractivity contribution in [1.82, 2.24) is 0 Å². The quantitative estimate of drug-likeness (QED) is 0.493. The van der Waals surface area contributed by atoms with E-state index in [1.54, 1.807) is 0 Å². The summed E-state index contributed by atoms with van der Waals surface area (Å²) < 4.78 is 0. The zero-order valence-corrected chi connectivity index (χ0v) is 9.55. The summed E-state index contributed by atoms with van der Waals surface area (Å²) in [6.07, 6.45) is 0. The van der Waals surface area contributed by atoms with E-state index in [1.165, 1.54) is 0 Å². The average Bonchev–Trinajstić information content (AvgIpc) is 1.31. The van der Waals surface area contributed by atoms with Gasteiger partial charge in [0.25, 0.3) is 0 Å². The second-order valence-electron chi connectivity index (χ2n) is 2.98. The Labute approximate surface area is 72.0 Å². The molecule has 0 bridgehead atoms. The molecule has 0 fully saturated rings. The first-order chi connectivity index (χ1) is 2.94. The summed E-state index contributed by atoms with van der Waals surface area (Å²) >= 11 is 0. The molecular formula is C6H16IP. The summed E-state index contributed by atoms with van der Waals surface area (Å²) in [5.74, 6) is 0.762. The summed E-state index contributed by atoms with van der Waals surface area (Å²) in [6, 6.07) is 0. The van der Waals surface area contributed by atoms with Crippen LogP contribution in [0.15, 0.2) is 0 Å². The van der Waals surface area contributed by atoms with Crippen LogP contribution in [0.25, 0.3) is 0 Å². The maximum atomic E-state index is 2.83. The largest absolute Gasteiger partial charge is 0.131 e. The predicted molar refractivity (Wildman–Crippen MR) is 54.0 cm³/mol. The molecule has 0 heterocycles. The molecule has 2 heteroatoms. The van der Waals surface area contributed by atoms with Crippen LogP contribution in [0.2, 0.25) is 0 Å². The predicted octanol–water partition coefficient (Wildman–Crippen LogP) is 2.91. The minimum absolute atomic E-state index is 0. The summed E-state index contributed by atoms with van der Waals surface area (Å²) in [5, 5.41) is 0.417. The smallest absolute Gasteiger partial charge is 0.0184 e. The van der Waals surface area contributed by atoms with E-state index >= 15 is 0 Å². The van der Waals surface area contributed by atoms with Gasteiger partial charge in [0.1, 0.15) is 0 Å². The van der Waals surface area contributed by atoms with Gasteiger partial charge in [0.15, 0.2) is 0 Å². The molecule has 0 aromatic heterocycles. The Morgan fingerprint density at radius 2 is 1.38 bits per heavy atom. The molecule has 0 radical (unpaired) electrons. The van der Waals surface area contributed by atoms with Crippen molar-refractivity contribution in [2.45, 2.75) is 32.9 Å². The van der Waals surface area contributed by atoms with Crippen LogP contribution in [-0.2, 0) is 0 Å². The van der Waals surface area contributed by atoms with Crippen LogP contribution >= 0.6 is 33.2 Å². The van der Waals surface area contributed by atoms with Gasteiger partial charge in [-0.1, -0.05) is 27.7 Å². The molecule has 0 aromatic rings. The van der Waals surface area contributed by atoms with Gasteiger partial charge in [0.05, 0.1) is 0 Å². The van der Waals surface area contributed by atoms with E-state index in [9.17, 15) is 0 Å². The summed E-state index contributed by atoms with van der Waals surface area (Å²) in [7, 11) is 2.83. The molecule has 0 nitrogen and oxygen atoms in total. The van der Waals surface area contributed by atoms with Gasteiger partial charge < -0.3 is 0 Å². The lowest BCUT2D eigenvalue weighted by molar-refractivity contribution is 0.503. The Bertz CT molecular complexity index is 54.0. The molecule has 0 aromatic carbocycles. The average molecular weight is 246 g/mol. The van der Waals surface area contributed by atoms with E-state index in [0.29, 0.717) is 5.16 Å². The topological polar surface area (TPSA) is 0 Å². The molecule has 52 valence electrons. The fraction of sp³-hybridized carbons (Fsp3) is 1.00. The van der Waals surface area contributed by atoms with E-state index in [4.69, 9.17) is 0 Å². The zero-order chi connectivity index (χ0) is 6.08. The van der Waals surface area contributed by atoms with Crippen LogP contribution in [0.3, 0.4) is 0 Å². The number of rotatable bonds is 1. The first-order valence-corrected chi connectivity index (χ1v) is 3.31. The van der Waals surface area contributed by atoms with Crippen molar-refractivity contribution in [3.05, 3.63) is 0 Å². The first-order valence-electron chi connectivity index (χ1n) is 2.73. The lowest BCUT2D eigenvalue weighted by Gasteiger charge is -2.22. The third-order valence-corrected chi connectivity index (χ3v) is 2.15. The normalized spacial score (nSPS) is 11.2. The van der Waals surface area contributed by atoms with Crippen molar-refractivity contribution in [3.63, 3.8) is 0 Å². The van der Waals surface area contributed by atoms with Gasteiger partial charge in [-0.05, 0) is 11.1 Å². The summed E-state index contributed by atoms with van der Waals surface area (Å²) in [5.41, 5.74) is 0. The van der Waals surface area contributed by atoms with Gasteiger partial charge in [0.2, 0.25) is 0 Å². The lowest BCUT2D eigenvalue weighted by Crippen LogP contribution is -2.17. The molecule has 1 atom stereocenters. The number of hydrogen-bond acceptors (Lipinski definition) is 0. The lowest BCUT2D eigenvalue weighted by atomic mass is 10.00. The molecule has 0 rings (SSSR count). The maximum absolute atomic E-state index is 2.83. The van der Waals surface area contributed by atoms with Crippen LogP contribution in [0, 0.1) is 5.92 Å². The molecule has 0 aliphatic heterocycles. The van der Waals surface area contributed by atoms with E-state index in [1.807, 2.05) is 0 Å². The Kier molecular flexibility index (Phi) is 6.03. The fourth-order valence-electron chi connectivity index (χ4n) is 0. The molecule has 0 amide bonds. The molecule has 0 saturated carbocycles. The molecule has 8 heavy (non-hydrogen) atoms. The van der Waals surface area contributed by atoms with Crippen molar-refractivity contribution in [2.24, 2.45) is 5.92 Å². The van der Waals surface area contributed by atoms with Crippen LogP contribution in [0.5, 0.6) is 0 Å². The highest BCUT2D eigenvalue weighted by atomic mass is 127. The van der Waals surface area contributed by atoms with E-state index in [2.05, 4.69) is 36.9 Å². The highest BCUT2D eigenvalue weighted by Gasteiger charge is 2.13. The standard InChI is InChI=1S/C6H15P.HI/c1-5(2)6(3,4)7;/h5H,7H2,1-4H3;1H. The van der Waals surface area contributed by atoms with Crippen molar-refractivity contribution < 1.29 is 0 Å². The van der Waals surface area contributed by atoms with Crippen LogP contribution < -0.4 is 0 Å². The summed E-state index contributed by atoms with van der Waals surface area (Å²) in [4.78, 5) is 0. The Morgan fingerprint density at radius 1 is 1.25 bits per heavy atom. The third kappa shape index (κ3) is 5.30. The van der Waals surface area contributed by atoms with Crippen LogP contribution in [0.1, 0.15) is 27.7 Å². The molecule has 0 spiro atoms. The van der Waals surface area contributed by atoms with E-state index in [-0.39, 0.29) is 24.0 Å². The highest BCUT2D eigenvalue weighted by molar-refractivity contribution is 14.0. The van der Waals surface area contributed by atoms with Gasteiger partial charge in [-0.2, -0.15) is 0 Å². The third-order valence-electron chi connectivity index (χ3n) is 1.49. The molecule has 0 N–H and O–H groups in total. The van der Waals surface area contributed by atoms with Gasteiger partial charge in [0, 0.05) is 0 Å². The van der Waals surface area contributed by atoms with Crippen molar-refractivity contribution in [3.8, 4) is 0 Å². The fourth-order valence-corrected chi connectivity index (χ4v) is 0. The first kappa shape index (κ1) is 11.9. The second kappa shape index (κ2) is 4.05. The molecular weight excluding hydrogens is 230 g/mol.